The molecule has 0 radical (unpaired) electrons. The third kappa shape index (κ3) is 3.64. The van der Waals surface area contributed by atoms with Crippen molar-refractivity contribution in [1.29, 1.82) is 0 Å². The van der Waals surface area contributed by atoms with Gasteiger partial charge in [0.05, 0.1) is 12.5 Å². The van der Waals surface area contributed by atoms with Gasteiger partial charge in [0.1, 0.15) is 0 Å². The average Bonchev–Trinajstić information content (AvgIpc) is 2.99. The number of carbonyl (C=O) groups is 2. The van der Waals surface area contributed by atoms with Gasteiger partial charge in [0.25, 0.3) is 0 Å². The summed E-state index contributed by atoms with van der Waals surface area (Å²) in [5.74, 6) is -0.169. The summed E-state index contributed by atoms with van der Waals surface area (Å²) in [6, 6.07) is 3.32. The van der Waals surface area contributed by atoms with Gasteiger partial charge < -0.3 is 9.80 Å². The van der Waals surface area contributed by atoms with Gasteiger partial charge in [-0.2, -0.15) is 0 Å². The number of terminal acetylenes is 1. The number of amides is 2. The molecule has 2 heterocycles. The molecule has 0 aromatic heterocycles. The van der Waals surface area contributed by atoms with E-state index in [4.69, 9.17) is 6.42 Å². The molecule has 2 aliphatic heterocycles. The van der Waals surface area contributed by atoms with Gasteiger partial charge in [-0.1, -0.05) is 5.92 Å². The first-order chi connectivity index (χ1) is 12.0. The lowest BCUT2D eigenvalue weighted by atomic mass is 10.1. The van der Waals surface area contributed by atoms with E-state index >= 15 is 0 Å². The van der Waals surface area contributed by atoms with Crippen LogP contribution in [0.15, 0.2) is 18.2 Å². The van der Waals surface area contributed by atoms with Crippen molar-refractivity contribution in [2.75, 3.05) is 44.2 Å². The van der Waals surface area contributed by atoms with Crippen LogP contribution >= 0.6 is 0 Å². The first-order valence-electron chi connectivity index (χ1n) is 8.19. The number of benzene rings is 1. The van der Waals surface area contributed by atoms with Crippen LogP contribution < -0.4 is 4.90 Å². The Kier molecular flexibility index (Phi) is 5.00. The van der Waals surface area contributed by atoms with Crippen molar-refractivity contribution in [1.82, 2.24) is 9.80 Å². The second-order valence-corrected chi connectivity index (χ2v) is 6.31. The van der Waals surface area contributed by atoms with Gasteiger partial charge >= 0.3 is 0 Å². The quantitative estimate of drug-likeness (QED) is 0.769. The monoisotopic (exact) mass is 347 g/mol. The molecule has 0 N–H and O–H groups in total. The highest BCUT2D eigenvalue weighted by Gasteiger charge is 2.38. The Morgan fingerprint density at radius 2 is 1.92 bits per heavy atom. The minimum absolute atomic E-state index is 0.0706. The number of halogens is 2. The molecule has 1 atom stereocenters. The molecule has 0 bridgehead atoms. The molecule has 7 heteroatoms. The standard InChI is InChI=1S/C18H19F2N3O2/c1-2-5-21-6-8-22(9-7-21)18(25)13-10-17(24)23(12-13)14-3-4-15(19)16(20)11-14/h1,3-4,11,13H,5-10,12H2/t13-/m1/s1. The molecule has 3 rings (SSSR count). The van der Waals surface area contributed by atoms with Gasteiger partial charge in [-0.3, -0.25) is 14.5 Å². The van der Waals surface area contributed by atoms with E-state index in [0.717, 1.165) is 12.1 Å². The van der Waals surface area contributed by atoms with Gasteiger partial charge in [-0.25, -0.2) is 8.78 Å². The summed E-state index contributed by atoms with van der Waals surface area (Å²) in [4.78, 5) is 30.1. The third-order valence-electron chi connectivity index (χ3n) is 4.69. The molecule has 1 aromatic carbocycles. The molecule has 0 unspecified atom stereocenters. The summed E-state index contributed by atoms with van der Waals surface area (Å²) in [6.45, 7) is 3.33. The largest absolute Gasteiger partial charge is 0.340 e. The Hall–Kier alpha value is -2.46. The minimum atomic E-state index is -1.01. The van der Waals surface area contributed by atoms with Crippen LogP contribution in [0.5, 0.6) is 0 Å². The lowest BCUT2D eigenvalue weighted by Crippen LogP contribution is -2.50. The zero-order valence-electron chi connectivity index (χ0n) is 13.8. The second-order valence-electron chi connectivity index (χ2n) is 6.31. The predicted octanol–water partition coefficient (Wildman–Crippen LogP) is 1.10. The minimum Gasteiger partial charge on any atom is -0.340 e. The maximum atomic E-state index is 13.4. The van der Waals surface area contributed by atoms with Gasteiger partial charge in [-0.05, 0) is 12.1 Å². The second kappa shape index (κ2) is 7.19. The molecule has 2 amide bonds. The maximum absolute atomic E-state index is 13.4. The Labute approximate surface area is 145 Å². The van der Waals surface area contributed by atoms with Crippen molar-refractivity contribution >= 4 is 17.5 Å². The van der Waals surface area contributed by atoms with Crippen molar-refractivity contribution in [2.24, 2.45) is 5.92 Å². The fourth-order valence-electron chi connectivity index (χ4n) is 3.29. The summed E-state index contributed by atoms with van der Waals surface area (Å²) < 4.78 is 26.5. The van der Waals surface area contributed by atoms with E-state index in [9.17, 15) is 18.4 Å². The fraction of sp³-hybridized carbons (Fsp3) is 0.444. The normalized spacial score (nSPS) is 21.5. The van der Waals surface area contributed by atoms with Crippen molar-refractivity contribution in [3.8, 4) is 12.3 Å². The van der Waals surface area contributed by atoms with E-state index in [2.05, 4.69) is 10.8 Å². The average molecular weight is 347 g/mol. The number of hydrogen-bond donors (Lipinski definition) is 0. The van der Waals surface area contributed by atoms with E-state index in [1.807, 2.05) is 0 Å². The molecule has 0 aliphatic carbocycles. The van der Waals surface area contributed by atoms with E-state index in [-0.39, 0.29) is 30.5 Å². The van der Waals surface area contributed by atoms with Crippen LogP contribution in [0, 0.1) is 29.9 Å². The smallest absolute Gasteiger partial charge is 0.228 e. The van der Waals surface area contributed by atoms with E-state index < -0.39 is 17.6 Å². The van der Waals surface area contributed by atoms with Gasteiger partial charge in [0.15, 0.2) is 11.6 Å². The molecule has 25 heavy (non-hydrogen) atoms. The number of anilines is 1. The summed E-state index contributed by atoms with van der Waals surface area (Å²) in [5.41, 5.74) is 0.276. The molecule has 5 nitrogen and oxygen atoms in total. The van der Waals surface area contributed by atoms with Gasteiger partial charge in [0.2, 0.25) is 11.8 Å². The van der Waals surface area contributed by atoms with Crippen LogP contribution in [0.2, 0.25) is 0 Å². The molecule has 2 saturated heterocycles. The van der Waals surface area contributed by atoms with Crippen LogP contribution in [0.3, 0.4) is 0 Å². The lowest BCUT2D eigenvalue weighted by molar-refractivity contribution is -0.137. The third-order valence-corrected chi connectivity index (χ3v) is 4.69. The number of piperazine rings is 1. The van der Waals surface area contributed by atoms with Crippen molar-refractivity contribution in [2.45, 2.75) is 6.42 Å². The molecule has 132 valence electrons. The van der Waals surface area contributed by atoms with Crippen LogP contribution in [-0.2, 0) is 9.59 Å². The highest BCUT2D eigenvalue weighted by Crippen LogP contribution is 2.27. The zero-order chi connectivity index (χ0) is 18.0. The van der Waals surface area contributed by atoms with Crippen LogP contribution in [0.4, 0.5) is 14.5 Å². The Balaban J connectivity index is 1.63. The highest BCUT2D eigenvalue weighted by atomic mass is 19.2. The fourth-order valence-corrected chi connectivity index (χ4v) is 3.29. The molecule has 1 aromatic rings. The lowest BCUT2D eigenvalue weighted by Gasteiger charge is -2.35. The maximum Gasteiger partial charge on any atom is 0.228 e. The summed E-state index contributed by atoms with van der Waals surface area (Å²) in [7, 11) is 0. The van der Waals surface area contributed by atoms with Crippen molar-refractivity contribution in [3.05, 3.63) is 29.8 Å². The van der Waals surface area contributed by atoms with Gasteiger partial charge in [-0.15, -0.1) is 6.42 Å². The summed E-state index contributed by atoms with van der Waals surface area (Å²) in [5, 5.41) is 0. The molecular formula is C18H19F2N3O2. The Morgan fingerprint density at radius 1 is 1.20 bits per heavy atom. The SMILES string of the molecule is C#CCN1CCN(C(=O)[C@@H]2CC(=O)N(c3ccc(F)c(F)c3)C2)CC1. The number of hydrogen-bond acceptors (Lipinski definition) is 3. The van der Waals surface area contributed by atoms with E-state index in [0.29, 0.717) is 32.7 Å². The molecule has 2 aliphatic rings. The molecular weight excluding hydrogens is 328 g/mol. The van der Waals surface area contributed by atoms with Crippen molar-refractivity contribution < 1.29 is 18.4 Å². The first kappa shape index (κ1) is 17.4. The predicted molar refractivity (Wildman–Crippen MR) is 88.7 cm³/mol. The van der Waals surface area contributed by atoms with Crippen molar-refractivity contribution in [3.63, 3.8) is 0 Å². The summed E-state index contributed by atoms with van der Waals surface area (Å²) >= 11 is 0. The Bertz CT molecular complexity index is 724. The number of nitrogens with zero attached hydrogens (tertiary/aromatic N) is 3. The van der Waals surface area contributed by atoms with E-state index in [1.165, 1.54) is 11.0 Å². The number of rotatable bonds is 3. The van der Waals surface area contributed by atoms with Gasteiger partial charge in [0, 0.05) is 50.9 Å². The number of carbonyl (C=O) groups excluding carboxylic acids is 2. The van der Waals surface area contributed by atoms with Crippen LogP contribution in [0.25, 0.3) is 0 Å². The topological polar surface area (TPSA) is 43.9 Å². The molecule has 0 spiro atoms. The zero-order valence-corrected chi connectivity index (χ0v) is 13.8. The highest BCUT2D eigenvalue weighted by molar-refractivity contribution is 6.00. The molecule has 0 saturated carbocycles. The van der Waals surface area contributed by atoms with Crippen LogP contribution in [0.1, 0.15) is 6.42 Å². The van der Waals surface area contributed by atoms with E-state index in [1.54, 1.807) is 4.90 Å². The molecule has 2 fully saturated rings. The Morgan fingerprint density at radius 3 is 2.56 bits per heavy atom. The van der Waals surface area contributed by atoms with Crippen LogP contribution in [-0.4, -0.2) is 60.9 Å². The first-order valence-corrected chi connectivity index (χ1v) is 8.19. The summed E-state index contributed by atoms with van der Waals surface area (Å²) in [6.07, 6.45) is 5.38.